The monoisotopic (exact) mass is 284 g/mol. The molecule has 3 rings (SSSR count). The van der Waals surface area contributed by atoms with Crippen molar-refractivity contribution in [1.29, 1.82) is 0 Å². The fourth-order valence-corrected chi connectivity index (χ4v) is 2.81. The third kappa shape index (κ3) is 2.49. The van der Waals surface area contributed by atoms with Crippen LogP contribution in [-0.2, 0) is 12.8 Å². The molecular formula is C15H16N4S. The minimum atomic E-state index is 0.326. The van der Waals surface area contributed by atoms with Gasteiger partial charge in [-0.3, -0.25) is 0 Å². The lowest BCUT2D eigenvalue weighted by Crippen LogP contribution is -2.14. The van der Waals surface area contributed by atoms with Gasteiger partial charge in [0.1, 0.15) is 4.99 Å². The van der Waals surface area contributed by atoms with Gasteiger partial charge in [-0.05, 0) is 48.9 Å². The zero-order valence-corrected chi connectivity index (χ0v) is 11.9. The van der Waals surface area contributed by atoms with Gasteiger partial charge in [0.25, 0.3) is 0 Å². The first kappa shape index (κ1) is 13.0. The van der Waals surface area contributed by atoms with Crippen molar-refractivity contribution in [3.05, 3.63) is 47.2 Å². The molecule has 1 heterocycles. The Kier molecular flexibility index (Phi) is 3.60. The predicted octanol–water partition coefficient (Wildman–Crippen LogP) is 2.73. The fraction of sp³-hybridized carbons (Fsp3) is 0.267. The second-order valence-corrected chi connectivity index (χ2v) is 5.37. The van der Waals surface area contributed by atoms with E-state index < -0.39 is 0 Å². The molecule has 1 aromatic carbocycles. The number of anilines is 2. The van der Waals surface area contributed by atoms with Gasteiger partial charge in [-0.25, -0.2) is 0 Å². The van der Waals surface area contributed by atoms with Gasteiger partial charge in [0.2, 0.25) is 0 Å². The number of benzene rings is 1. The molecule has 0 amide bonds. The third-order valence-corrected chi connectivity index (χ3v) is 3.86. The zero-order valence-electron chi connectivity index (χ0n) is 11.1. The topological polar surface area (TPSA) is 63.8 Å². The van der Waals surface area contributed by atoms with Crippen LogP contribution in [0, 0.1) is 0 Å². The van der Waals surface area contributed by atoms with Gasteiger partial charge in [-0.1, -0.05) is 24.4 Å². The van der Waals surface area contributed by atoms with Crippen molar-refractivity contribution in [2.45, 2.75) is 25.7 Å². The average Bonchev–Trinajstić information content (AvgIpc) is 2.48. The Morgan fingerprint density at radius 1 is 1.20 bits per heavy atom. The highest BCUT2D eigenvalue weighted by atomic mass is 32.1. The lowest BCUT2D eigenvalue weighted by Gasteiger charge is -2.20. The molecule has 5 heteroatoms. The Bertz CT molecular complexity index is 654. The molecule has 1 aliphatic carbocycles. The number of nitrogens with zero attached hydrogens (tertiary/aromatic N) is 2. The van der Waals surface area contributed by atoms with E-state index >= 15 is 0 Å². The van der Waals surface area contributed by atoms with Crippen molar-refractivity contribution in [3.8, 4) is 0 Å². The summed E-state index contributed by atoms with van der Waals surface area (Å²) in [5.41, 5.74) is 10.3. The summed E-state index contributed by atoms with van der Waals surface area (Å²) >= 11 is 5.06. The molecule has 0 radical (unpaired) electrons. The number of hydrogen-bond donors (Lipinski definition) is 2. The normalized spacial score (nSPS) is 13.6. The van der Waals surface area contributed by atoms with E-state index in [1.807, 2.05) is 0 Å². The molecule has 0 aliphatic heterocycles. The quantitative estimate of drug-likeness (QED) is 0.849. The zero-order chi connectivity index (χ0) is 13.9. The first-order valence-corrected chi connectivity index (χ1v) is 7.16. The molecule has 1 aromatic heterocycles. The number of nitrogens with one attached hydrogen (secondary N) is 1. The average molecular weight is 284 g/mol. The van der Waals surface area contributed by atoms with E-state index in [2.05, 4.69) is 33.7 Å². The first-order valence-electron chi connectivity index (χ1n) is 6.75. The Hall–Kier alpha value is -2.01. The van der Waals surface area contributed by atoms with Crippen LogP contribution in [0.5, 0.6) is 0 Å². The van der Waals surface area contributed by atoms with E-state index in [0.717, 1.165) is 24.1 Å². The third-order valence-electron chi connectivity index (χ3n) is 3.64. The number of aromatic nitrogens is 2. The van der Waals surface area contributed by atoms with Crippen molar-refractivity contribution >= 4 is 28.7 Å². The minimum absolute atomic E-state index is 0.326. The van der Waals surface area contributed by atoms with Crippen LogP contribution in [0.3, 0.4) is 0 Å². The van der Waals surface area contributed by atoms with E-state index in [-0.39, 0.29) is 0 Å². The van der Waals surface area contributed by atoms with Crippen LogP contribution < -0.4 is 11.1 Å². The summed E-state index contributed by atoms with van der Waals surface area (Å²) in [5, 5.41) is 11.4. The van der Waals surface area contributed by atoms with Crippen LogP contribution in [0.4, 0.5) is 11.5 Å². The summed E-state index contributed by atoms with van der Waals surface area (Å²) in [7, 11) is 0. The van der Waals surface area contributed by atoms with E-state index in [4.69, 9.17) is 18.0 Å². The smallest absolute Gasteiger partial charge is 0.163 e. The van der Waals surface area contributed by atoms with Crippen LogP contribution in [0.1, 0.15) is 29.5 Å². The maximum Gasteiger partial charge on any atom is 0.163 e. The summed E-state index contributed by atoms with van der Waals surface area (Å²) < 4.78 is 0. The summed E-state index contributed by atoms with van der Waals surface area (Å²) in [6.07, 6.45) is 6.34. The molecular weight excluding hydrogens is 268 g/mol. The second-order valence-electron chi connectivity index (χ2n) is 4.93. The minimum Gasteiger partial charge on any atom is -0.389 e. The maximum absolute atomic E-state index is 5.73. The number of rotatable bonds is 3. The number of thiocarbonyl (C=S) groups is 1. The van der Waals surface area contributed by atoms with Gasteiger partial charge in [0.05, 0.1) is 11.8 Å². The summed E-state index contributed by atoms with van der Waals surface area (Å²) in [6.45, 7) is 0. The Morgan fingerprint density at radius 2 is 2.05 bits per heavy atom. The standard InChI is InChI=1S/C15H16N4S/c16-14(20)12-8-9-17-19-15(12)18-13-7-3-5-10-4-1-2-6-11(10)13/h3,5,7-9H,1-2,4,6H2,(H2,16,20)(H,18,19). The van der Waals surface area contributed by atoms with Gasteiger partial charge < -0.3 is 11.1 Å². The highest BCUT2D eigenvalue weighted by Gasteiger charge is 2.14. The van der Waals surface area contributed by atoms with Crippen molar-refractivity contribution in [1.82, 2.24) is 10.2 Å². The van der Waals surface area contributed by atoms with Crippen molar-refractivity contribution in [2.75, 3.05) is 5.32 Å². The van der Waals surface area contributed by atoms with Crippen LogP contribution in [0.2, 0.25) is 0 Å². The van der Waals surface area contributed by atoms with E-state index in [1.54, 1.807) is 12.3 Å². The highest BCUT2D eigenvalue weighted by molar-refractivity contribution is 7.80. The Morgan fingerprint density at radius 3 is 2.90 bits per heavy atom. The molecule has 0 spiro atoms. The van der Waals surface area contributed by atoms with Gasteiger partial charge in [0.15, 0.2) is 5.82 Å². The van der Waals surface area contributed by atoms with Crippen LogP contribution >= 0.6 is 12.2 Å². The van der Waals surface area contributed by atoms with Crippen molar-refractivity contribution < 1.29 is 0 Å². The van der Waals surface area contributed by atoms with Gasteiger partial charge in [-0.2, -0.15) is 5.10 Å². The highest BCUT2D eigenvalue weighted by Crippen LogP contribution is 2.30. The Labute approximate surface area is 123 Å². The predicted molar refractivity (Wildman–Crippen MR) is 84.3 cm³/mol. The lowest BCUT2D eigenvalue weighted by molar-refractivity contribution is 0.687. The lowest BCUT2D eigenvalue weighted by atomic mass is 9.90. The van der Waals surface area contributed by atoms with Gasteiger partial charge >= 0.3 is 0 Å². The molecule has 0 bridgehead atoms. The molecule has 0 saturated heterocycles. The molecule has 102 valence electrons. The molecule has 0 atom stereocenters. The van der Waals surface area contributed by atoms with E-state index in [1.165, 1.54) is 24.0 Å². The molecule has 4 nitrogen and oxygen atoms in total. The molecule has 20 heavy (non-hydrogen) atoms. The Balaban J connectivity index is 1.98. The molecule has 1 aliphatic rings. The molecule has 3 N–H and O–H groups in total. The largest absolute Gasteiger partial charge is 0.389 e. The second kappa shape index (κ2) is 5.54. The summed E-state index contributed by atoms with van der Waals surface area (Å²) in [4.78, 5) is 0.326. The summed E-state index contributed by atoms with van der Waals surface area (Å²) in [6, 6.07) is 8.13. The van der Waals surface area contributed by atoms with E-state index in [9.17, 15) is 0 Å². The van der Waals surface area contributed by atoms with Crippen molar-refractivity contribution in [3.63, 3.8) is 0 Å². The van der Waals surface area contributed by atoms with Crippen LogP contribution in [-0.4, -0.2) is 15.2 Å². The molecule has 0 saturated carbocycles. The van der Waals surface area contributed by atoms with Gasteiger partial charge in [-0.15, -0.1) is 5.10 Å². The molecule has 0 unspecified atom stereocenters. The van der Waals surface area contributed by atoms with E-state index in [0.29, 0.717) is 10.8 Å². The van der Waals surface area contributed by atoms with Crippen LogP contribution in [0.25, 0.3) is 0 Å². The molecule has 0 fully saturated rings. The number of hydrogen-bond acceptors (Lipinski definition) is 4. The number of nitrogens with two attached hydrogens (primary N) is 1. The fourth-order valence-electron chi connectivity index (χ4n) is 2.65. The first-order chi connectivity index (χ1) is 9.75. The number of aryl methyl sites for hydroxylation is 1. The van der Waals surface area contributed by atoms with Crippen LogP contribution in [0.15, 0.2) is 30.5 Å². The maximum atomic E-state index is 5.73. The SMILES string of the molecule is NC(=S)c1ccnnc1Nc1cccc2c1CCCC2. The van der Waals surface area contributed by atoms with Gasteiger partial charge in [0, 0.05) is 5.69 Å². The number of fused-ring (bicyclic) bond motifs is 1. The molecule has 2 aromatic rings. The van der Waals surface area contributed by atoms with Crippen molar-refractivity contribution in [2.24, 2.45) is 5.73 Å². The summed E-state index contributed by atoms with van der Waals surface area (Å²) in [5.74, 6) is 0.624.